The fourth-order valence-electron chi connectivity index (χ4n) is 2.46. The minimum absolute atomic E-state index is 0.0221. The van der Waals surface area contributed by atoms with Crippen LogP contribution in [0.25, 0.3) is 22.4 Å². The van der Waals surface area contributed by atoms with Crippen molar-refractivity contribution in [3.8, 4) is 5.69 Å². The third-order valence-electron chi connectivity index (χ3n) is 3.62. The van der Waals surface area contributed by atoms with Gasteiger partial charge in [0.15, 0.2) is 0 Å². The van der Waals surface area contributed by atoms with Gasteiger partial charge in [0, 0.05) is 18.1 Å². The molecule has 0 radical (unpaired) electrons. The molecule has 0 unspecified atom stereocenters. The van der Waals surface area contributed by atoms with E-state index in [1.165, 1.54) is 45.9 Å². The molecule has 2 N–H and O–H groups in total. The average Bonchev–Trinajstić information content (AvgIpc) is 3.03. The zero-order valence-electron chi connectivity index (χ0n) is 12.1. The molecule has 0 saturated carbocycles. The standard InChI is InChI=1S/C14H10N6O3S/c15-24(22,23)10-3-1-9(2-4-10)19-6-5-12-11(13(19)21)7-16-14-17-8-18-20(12)14/h1-8H,(H2,15,22,23). The molecule has 10 heteroatoms. The van der Waals surface area contributed by atoms with Crippen molar-refractivity contribution in [2.24, 2.45) is 5.14 Å². The summed E-state index contributed by atoms with van der Waals surface area (Å²) in [6.07, 6.45) is 4.38. The molecule has 0 spiro atoms. The lowest BCUT2D eigenvalue weighted by molar-refractivity contribution is 0.598. The van der Waals surface area contributed by atoms with Gasteiger partial charge >= 0.3 is 0 Å². The van der Waals surface area contributed by atoms with Crippen molar-refractivity contribution in [3.05, 3.63) is 59.4 Å². The predicted molar refractivity (Wildman–Crippen MR) is 85.3 cm³/mol. The molecule has 0 fully saturated rings. The van der Waals surface area contributed by atoms with E-state index in [1.807, 2.05) is 0 Å². The molecule has 0 atom stereocenters. The topological polar surface area (TPSA) is 125 Å². The number of hydrogen-bond acceptors (Lipinski definition) is 6. The van der Waals surface area contributed by atoms with Crippen LogP contribution in [-0.2, 0) is 10.0 Å². The van der Waals surface area contributed by atoms with Gasteiger partial charge in [-0.2, -0.15) is 14.6 Å². The molecule has 120 valence electrons. The van der Waals surface area contributed by atoms with E-state index >= 15 is 0 Å². The lowest BCUT2D eigenvalue weighted by Gasteiger charge is -2.08. The van der Waals surface area contributed by atoms with E-state index in [0.717, 1.165) is 0 Å². The average molecular weight is 342 g/mol. The van der Waals surface area contributed by atoms with Crippen molar-refractivity contribution in [3.63, 3.8) is 0 Å². The van der Waals surface area contributed by atoms with E-state index < -0.39 is 10.0 Å². The van der Waals surface area contributed by atoms with Gasteiger partial charge in [0.1, 0.15) is 6.33 Å². The number of primary sulfonamides is 1. The van der Waals surface area contributed by atoms with Gasteiger partial charge in [0.05, 0.1) is 15.8 Å². The monoisotopic (exact) mass is 342 g/mol. The zero-order chi connectivity index (χ0) is 16.9. The quantitative estimate of drug-likeness (QED) is 0.550. The molecule has 24 heavy (non-hydrogen) atoms. The first-order valence-corrected chi connectivity index (χ1v) is 8.33. The highest BCUT2D eigenvalue weighted by Crippen LogP contribution is 2.14. The Balaban J connectivity index is 1.93. The Labute approximate surface area is 135 Å². The molecule has 0 bridgehead atoms. The summed E-state index contributed by atoms with van der Waals surface area (Å²) >= 11 is 0. The summed E-state index contributed by atoms with van der Waals surface area (Å²) in [5.74, 6) is 0.400. The normalized spacial score (nSPS) is 12.0. The van der Waals surface area contributed by atoms with Crippen molar-refractivity contribution < 1.29 is 8.42 Å². The van der Waals surface area contributed by atoms with Gasteiger partial charge in [-0.1, -0.05) is 0 Å². The van der Waals surface area contributed by atoms with E-state index in [1.54, 1.807) is 12.3 Å². The highest BCUT2D eigenvalue weighted by molar-refractivity contribution is 7.89. The number of hydrogen-bond donors (Lipinski definition) is 1. The van der Waals surface area contributed by atoms with Crippen molar-refractivity contribution in [2.75, 3.05) is 0 Å². The van der Waals surface area contributed by atoms with E-state index in [4.69, 9.17) is 5.14 Å². The van der Waals surface area contributed by atoms with E-state index in [-0.39, 0.29) is 10.5 Å². The van der Waals surface area contributed by atoms with Crippen LogP contribution in [0.1, 0.15) is 0 Å². The minimum atomic E-state index is -3.78. The number of benzene rings is 1. The number of fused-ring (bicyclic) bond motifs is 3. The number of aromatic nitrogens is 5. The van der Waals surface area contributed by atoms with Crippen molar-refractivity contribution >= 4 is 26.7 Å². The summed E-state index contributed by atoms with van der Waals surface area (Å²) in [5, 5.41) is 9.48. The highest BCUT2D eigenvalue weighted by Gasteiger charge is 2.11. The lowest BCUT2D eigenvalue weighted by atomic mass is 10.2. The Kier molecular flexibility index (Phi) is 2.98. The highest BCUT2D eigenvalue weighted by atomic mass is 32.2. The summed E-state index contributed by atoms with van der Waals surface area (Å²) in [6.45, 7) is 0. The van der Waals surface area contributed by atoms with Gasteiger partial charge in [-0.05, 0) is 30.3 Å². The first-order valence-electron chi connectivity index (χ1n) is 6.78. The van der Waals surface area contributed by atoms with Gasteiger partial charge in [0.2, 0.25) is 10.0 Å². The molecule has 0 saturated heterocycles. The molecule has 3 aromatic heterocycles. The molecule has 4 aromatic rings. The second kappa shape index (κ2) is 4.94. The smallest absolute Gasteiger partial charge is 0.266 e. The second-order valence-corrected chi connectivity index (χ2v) is 6.62. The first kappa shape index (κ1) is 14.5. The molecule has 9 nitrogen and oxygen atoms in total. The van der Waals surface area contributed by atoms with Crippen LogP contribution in [-0.4, -0.2) is 32.6 Å². The third kappa shape index (κ3) is 2.16. The summed E-state index contributed by atoms with van der Waals surface area (Å²) in [4.78, 5) is 20.7. The van der Waals surface area contributed by atoms with E-state index in [2.05, 4.69) is 15.1 Å². The Bertz CT molecular complexity index is 1240. The number of nitrogens with zero attached hydrogens (tertiary/aromatic N) is 5. The summed E-state index contributed by atoms with van der Waals surface area (Å²) < 4.78 is 25.5. The van der Waals surface area contributed by atoms with Crippen LogP contribution < -0.4 is 10.7 Å². The van der Waals surface area contributed by atoms with Crippen LogP contribution in [0.5, 0.6) is 0 Å². The van der Waals surface area contributed by atoms with Crippen molar-refractivity contribution in [2.45, 2.75) is 4.90 Å². The number of nitrogens with two attached hydrogens (primary N) is 1. The summed E-state index contributed by atoms with van der Waals surface area (Å²) in [6, 6.07) is 7.43. The zero-order valence-corrected chi connectivity index (χ0v) is 12.9. The van der Waals surface area contributed by atoms with Gasteiger partial charge < -0.3 is 0 Å². The summed E-state index contributed by atoms with van der Waals surface area (Å²) in [5.41, 5.74) is 0.786. The summed E-state index contributed by atoms with van der Waals surface area (Å²) in [7, 11) is -3.78. The van der Waals surface area contributed by atoms with Crippen molar-refractivity contribution in [1.82, 2.24) is 24.1 Å². The van der Waals surface area contributed by atoms with Crippen LogP contribution >= 0.6 is 0 Å². The Morgan fingerprint density at radius 3 is 2.50 bits per heavy atom. The third-order valence-corrected chi connectivity index (χ3v) is 4.55. The van der Waals surface area contributed by atoms with Gasteiger partial charge in [-0.25, -0.2) is 18.5 Å². The first-order chi connectivity index (χ1) is 11.4. The van der Waals surface area contributed by atoms with Crippen LogP contribution in [0.4, 0.5) is 0 Å². The van der Waals surface area contributed by atoms with Crippen LogP contribution in [0.3, 0.4) is 0 Å². The molecule has 0 aliphatic rings. The van der Waals surface area contributed by atoms with Gasteiger partial charge in [0.25, 0.3) is 11.3 Å². The fraction of sp³-hybridized carbons (Fsp3) is 0. The fourth-order valence-corrected chi connectivity index (χ4v) is 2.98. The molecule has 3 heterocycles. The van der Waals surface area contributed by atoms with Crippen LogP contribution in [0, 0.1) is 0 Å². The molecule has 4 rings (SSSR count). The van der Waals surface area contributed by atoms with Crippen molar-refractivity contribution in [1.29, 1.82) is 0 Å². The van der Waals surface area contributed by atoms with Gasteiger partial charge in [-0.3, -0.25) is 9.36 Å². The Morgan fingerprint density at radius 2 is 1.79 bits per heavy atom. The Hall–Kier alpha value is -3.11. The Morgan fingerprint density at radius 1 is 1.04 bits per heavy atom. The maximum absolute atomic E-state index is 12.7. The second-order valence-electron chi connectivity index (χ2n) is 5.06. The molecule has 1 aromatic carbocycles. The van der Waals surface area contributed by atoms with E-state index in [9.17, 15) is 13.2 Å². The minimum Gasteiger partial charge on any atom is -0.284 e. The lowest BCUT2D eigenvalue weighted by Crippen LogP contribution is -2.19. The van der Waals surface area contributed by atoms with Crippen LogP contribution in [0.15, 0.2) is 58.7 Å². The maximum Gasteiger partial charge on any atom is 0.266 e. The number of pyridine rings is 1. The van der Waals surface area contributed by atoms with Gasteiger partial charge in [-0.15, -0.1) is 0 Å². The molecule has 0 aliphatic heterocycles. The predicted octanol–water partition coefficient (Wildman–Crippen LogP) is 0.0758. The van der Waals surface area contributed by atoms with Crippen LogP contribution in [0.2, 0.25) is 0 Å². The molecular weight excluding hydrogens is 332 g/mol. The number of sulfonamides is 1. The molecule has 0 aliphatic carbocycles. The number of rotatable bonds is 2. The molecular formula is C14H10N6O3S. The molecule has 0 amide bonds. The largest absolute Gasteiger partial charge is 0.284 e. The van der Waals surface area contributed by atoms with E-state index in [0.29, 0.717) is 22.4 Å². The maximum atomic E-state index is 12.7. The SMILES string of the molecule is NS(=O)(=O)c1ccc(-n2ccc3c(cnc4ncnn43)c2=O)cc1.